The molecule has 0 saturated carbocycles. The van der Waals surface area contributed by atoms with Crippen LogP contribution in [0, 0.1) is 0 Å². The topological polar surface area (TPSA) is 94.8 Å². The van der Waals surface area contributed by atoms with Gasteiger partial charge in [0.05, 0.1) is 6.35 Å². The quantitative estimate of drug-likeness (QED) is 0.211. The van der Waals surface area contributed by atoms with Gasteiger partial charge in [-0.3, -0.25) is 4.57 Å². The van der Waals surface area contributed by atoms with Crippen LogP contribution in [-0.4, -0.2) is 26.6 Å². The Bertz CT molecular complexity index is 568. The van der Waals surface area contributed by atoms with Crippen molar-refractivity contribution in [3.8, 4) is 0 Å². The smallest absolute Gasteiger partial charge is 0.335 e. The van der Waals surface area contributed by atoms with Gasteiger partial charge in [0, 0.05) is 0 Å². The number of aliphatic hydroxyl groups excluding tert-OH is 1. The van der Waals surface area contributed by atoms with Gasteiger partial charge in [-0.05, 0) is 72.6 Å². The maximum atomic E-state index is 11.6. The molecule has 0 fully saturated rings. The second-order valence-electron chi connectivity index (χ2n) is 7.12. The molecule has 0 aromatic heterocycles. The van der Waals surface area contributed by atoms with Crippen molar-refractivity contribution in [2.75, 3.05) is 6.35 Å². The van der Waals surface area contributed by atoms with E-state index in [-0.39, 0.29) is 6.42 Å². The van der Waals surface area contributed by atoms with Gasteiger partial charge in [-0.25, -0.2) is 0 Å². The van der Waals surface area contributed by atoms with Crippen molar-refractivity contribution in [2.45, 2.75) is 78.0 Å². The van der Waals surface area contributed by atoms with Crippen LogP contribution < -0.4 is 0 Å². The molecule has 2 unspecified atom stereocenters. The fourth-order valence-corrected chi connectivity index (χ4v) is 5.62. The van der Waals surface area contributed by atoms with Crippen LogP contribution in [0.15, 0.2) is 34.9 Å². The molecule has 0 aliphatic rings. The zero-order chi connectivity index (χ0) is 20.2. The highest BCUT2D eigenvalue weighted by Gasteiger charge is 2.32. The summed E-state index contributed by atoms with van der Waals surface area (Å²) in [7, 11) is -7.07. The molecule has 0 bridgehead atoms. The number of hydrogen-bond donors (Lipinski definition) is 3. The van der Waals surface area contributed by atoms with E-state index >= 15 is 0 Å². The van der Waals surface area contributed by atoms with Crippen LogP contribution in [0.25, 0.3) is 0 Å². The molecule has 0 aliphatic carbocycles. The van der Waals surface area contributed by atoms with Crippen LogP contribution in [0.5, 0.6) is 0 Å². The normalized spacial score (nSPS) is 15.7. The van der Waals surface area contributed by atoms with Gasteiger partial charge in [0.2, 0.25) is 0 Å². The molecule has 152 valence electrons. The molecule has 2 atom stereocenters. The summed E-state index contributed by atoms with van der Waals surface area (Å²) >= 11 is 0. The Kier molecular flexibility index (Phi) is 13.5. The highest BCUT2D eigenvalue weighted by atomic mass is 31.2. The second kappa shape index (κ2) is 13.7. The van der Waals surface area contributed by atoms with Gasteiger partial charge in [0.15, 0.2) is 0 Å². The average Bonchev–Trinajstić information content (AvgIpc) is 2.52. The fraction of sp³-hybridized carbons (Fsp3) is 0.684. The second-order valence-corrected chi connectivity index (χ2v) is 11.4. The van der Waals surface area contributed by atoms with Gasteiger partial charge in [-0.15, -0.1) is 0 Å². The predicted molar refractivity (Wildman–Crippen MR) is 111 cm³/mol. The number of hydrogen-bond acceptors (Lipinski definition) is 3. The zero-order valence-electron chi connectivity index (χ0n) is 16.6. The largest absolute Gasteiger partial charge is 0.389 e. The van der Waals surface area contributed by atoms with Crippen LogP contribution in [-0.2, 0) is 9.13 Å². The Labute approximate surface area is 159 Å². The number of unbranched alkanes of at least 4 members (excludes halogenated alkanes) is 1. The van der Waals surface area contributed by atoms with E-state index < -0.39 is 27.1 Å². The Hall–Kier alpha value is -0.440. The predicted octanol–water partition coefficient (Wildman–Crippen LogP) is 5.59. The molecule has 3 N–H and O–H groups in total. The molecule has 0 aliphatic heterocycles. The van der Waals surface area contributed by atoms with Crippen LogP contribution in [0.4, 0.5) is 0 Å². The van der Waals surface area contributed by atoms with E-state index in [4.69, 9.17) is 5.11 Å². The van der Waals surface area contributed by atoms with E-state index in [1.807, 2.05) is 0 Å². The van der Waals surface area contributed by atoms with Crippen LogP contribution in [0.2, 0.25) is 0 Å². The van der Waals surface area contributed by atoms with Gasteiger partial charge in [-0.2, -0.15) is 0 Å². The summed E-state index contributed by atoms with van der Waals surface area (Å²) in [5, 5.41) is 7.71. The molecule has 5 nitrogen and oxygen atoms in total. The minimum absolute atomic E-state index is 0.176. The van der Waals surface area contributed by atoms with Gasteiger partial charge in [0.25, 0.3) is 0 Å². The van der Waals surface area contributed by atoms with E-state index in [0.717, 1.165) is 25.7 Å². The van der Waals surface area contributed by atoms with Crippen molar-refractivity contribution in [1.29, 1.82) is 0 Å². The van der Waals surface area contributed by atoms with Crippen molar-refractivity contribution in [2.24, 2.45) is 0 Å². The molecule has 0 aromatic rings. The lowest BCUT2D eigenvalue weighted by Gasteiger charge is -2.16. The third kappa shape index (κ3) is 12.8. The van der Waals surface area contributed by atoms with Crippen LogP contribution in [0.3, 0.4) is 0 Å². The van der Waals surface area contributed by atoms with E-state index in [9.17, 15) is 18.9 Å². The maximum absolute atomic E-state index is 11.6. The average molecular weight is 406 g/mol. The maximum Gasteiger partial charge on any atom is 0.335 e. The summed E-state index contributed by atoms with van der Waals surface area (Å²) in [4.78, 5) is 18.5. The van der Waals surface area contributed by atoms with E-state index in [1.54, 1.807) is 0 Å². The van der Waals surface area contributed by atoms with E-state index in [0.29, 0.717) is 12.8 Å². The van der Waals surface area contributed by atoms with Crippen LogP contribution in [0.1, 0.15) is 72.6 Å². The van der Waals surface area contributed by atoms with Gasteiger partial charge < -0.3 is 19.5 Å². The zero-order valence-corrected chi connectivity index (χ0v) is 18.5. The van der Waals surface area contributed by atoms with Gasteiger partial charge in [0.1, 0.15) is 13.2 Å². The highest BCUT2D eigenvalue weighted by Crippen LogP contribution is 2.55. The van der Waals surface area contributed by atoms with Gasteiger partial charge in [-0.1, -0.05) is 34.9 Å². The minimum Gasteiger partial charge on any atom is -0.389 e. The number of aliphatic hydroxyl groups is 1. The standard InChI is InChI=1S/C19H36O5P2/c1-16(2)9-7-11-18(4)13-8-12-17(3)10-5-6-14-19(25(21)15-20)26(22,23)24/h9-10,13,19-20,25H,5-8,11-12,14-15H2,1-4H3,(H2,22,23,24). The molecule has 0 aromatic carbocycles. The Balaban J connectivity index is 4.23. The molecule has 0 rings (SSSR count). The van der Waals surface area contributed by atoms with E-state index in [1.165, 1.54) is 16.7 Å². The van der Waals surface area contributed by atoms with Crippen molar-refractivity contribution >= 4 is 15.4 Å². The van der Waals surface area contributed by atoms with E-state index in [2.05, 4.69) is 45.9 Å². The molecular weight excluding hydrogens is 370 g/mol. The lowest BCUT2D eigenvalue weighted by molar-refractivity contribution is 0.350. The highest BCUT2D eigenvalue weighted by molar-refractivity contribution is 7.67. The summed E-state index contributed by atoms with van der Waals surface area (Å²) in [5.74, 6) is 0. The van der Waals surface area contributed by atoms with Crippen molar-refractivity contribution in [3.05, 3.63) is 34.9 Å². The van der Waals surface area contributed by atoms with Crippen molar-refractivity contribution < 1.29 is 24.0 Å². The van der Waals surface area contributed by atoms with Crippen LogP contribution >= 0.6 is 15.4 Å². The number of rotatable bonds is 13. The summed E-state index contributed by atoms with van der Waals surface area (Å²) < 4.78 is 23.0. The molecule has 0 spiro atoms. The first-order chi connectivity index (χ1) is 12.1. The van der Waals surface area contributed by atoms with Crippen molar-refractivity contribution in [3.63, 3.8) is 0 Å². The molecule has 7 heteroatoms. The molecule has 0 radical (unpaired) electrons. The molecule has 26 heavy (non-hydrogen) atoms. The lowest BCUT2D eigenvalue weighted by Crippen LogP contribution is -2.05. The summed E-state index contributed by atoms with van der Waals surface area (Å²) in [6.07, 6.45) is 11.5. The molecule has 0 saturated heterocycles. The molecule has 0 amide bonds. The first-order valence-electron chi connectivity index (χ1n) is 9.21. The third-order valence-electron chi connectivity index (χ3n) is 4.23. The molecular formula is C19H36O5P2. The first kappa shape index (κ1) is 25.6. The fourth-order valence-electron chi connectivity index (χ4n) is 2.62. The first-order valence-corrected chi connectivity index (χ1v) is 12.6. The SMILES string of the molecule is CC(C)=CCCC(C)=CCCC(C)=CCCCC([PH](=O)CO)P(=O)(O)O. The Morgan fingerprint density at radius 3 is 1.92 bits per heavy atom. The third-order valence-corrected chi connectivity index (χ3v) is 8.52. The summed E-state index contributed by atoms with van der Waals surface area (Å²) in [6.45, 7) is 8.43. The van der Waals surface area contributed by atoms with Gasteiger partial charge >= 0.3 is 7.60 Å². The lowest BCUT2D eigenvalue weighted by atomic mass is 10.1. The monoisotopic (exact) mass is 406 g/mol. The Morgan fingerprint density at radius 1 is 0.962 bits per heavy atom. The number of allylic oxidation sites excluding steroid dienone is 6. The summed E-state index contributed by atoms with van der Waals surface area (Å²) in [6, 6.07) is 0. The Morgan fingerprint density at radius 2 is 1.46 bits per heavy atom. The molecule has 0 heterocycles. The summed E-state index contributed by atoms with van der Waals surface area (Å²) in [5.41, 5.74) is 4.00. The van der Waals surface area contributed by atoms with Crippen molar-refractivity contribution in [1.82, 2.24) is 0 Å². The minimum atomic E-state index is -4.42.